The summed E-state index contributed by atoms with van der Waals surface area (Å²) < 4.78 is 1.76. The maximum Gasteiger partial charge on any atom is 0.280 e. The van der Waals surface area contributed by atoms with E-state index in [1.54, 1.807) is 4.68 Å². The molecule has 0 spiro atoms. The first-order chi connectivity index (χ1) is 10.8. The molecule has 0 saturated carbocycles. The van der Waals surface area contributed by atoms with Crippen LogP contribution in [-0.4, -0.2) is 16.2 Å². The fourth-order valence-electron chi connectivity index (χ4n) is 2.97. The van der Waals surface area contributed by atoms with E-state index in [2.05, 4.69) is 22.1 Å². The number of fused-ring (bicyclic) bond motifs is 1. The van der Waals surface area contributed by atoms with Gasteiger partial charge in [0.1, 0.15) is 5.82 Å². The van der Waals surface area contributed by atoms with Crippen molar-refractivity contribution in [2.45, 2.75) is 19.4 Å². The normalized spacial score (nSPS) is 17.0. The van der Waals surface area contributed by atoms with Crippen molar-refractivity contribution in [3.05, 3.63) is 76.3 Å². The zero-order valence-electron chi connectivity index (χ0n) is 12.4. The number of nitrogens with zero attached hydrogens (tertiary/aromatic N) is 3. The highest BCUT2D eigenvalue weighted by Gasteiger charge is 2.38. The largest absolute Gasteiger partial charge is 0.297 e. The molecular formula is C18H17N3O. The molecule has 2 aromatic carbocycles. The highest BCUT2D eigenvalue weighted by molar-refractivity contribution is 5.77. The first-order valence-corrected chi connectivity index (χ1v) is 7.62. The average molecular weight is 291 g/mol. The molecule has 22 heavy (non-hydrogen) atoms. The molecule has 0 radical (unpaired) electrons. The van der Waals surface area contributed by atoms with Gasteiger partial charge in [-0.3, -0.25) is 9.80 Å². The van der Waals surface area contributed by atoms with E-state index < -0.39 is 0 Å². The first-order valence-electron chi connectivity index (χ1n) is 7.62. The predicted octanol–water partition coefficient (Wildman–Crippen LogP) is 2.65. The van der Waals surface area contributed by atoms with Gasteiger partial charge in [0.05, 0.1) is 23.5 Å². The molecule has 1 saturated heterocycles. The number of benzene rings is 2. The topological polar surface area (TPSA) is 37.9 Å². The minimum absolute atomic E-state index is 0.0286. The highest BCUT2D eigenvalue weighted by atomic mass is 16.1. The van der Waals surface area contributed by atoms with Crippen LogP contribution in [0.2, 0.25) is 0 Å². The second-order valence-corrected chi connectivity index (χ2v) is 5.56. The summed E-state index contributed by atoms with van der Waals surface area (Å²) in [7, 11) is 0. The fraction of sp³-hybridized carbons (Fsp3) is 0.222. The number of rotatable bonds is 3. The number of aryl methyl sites for hydroxylation is 1. The smallest absolute Gasteiger partial charge is 0.280 e. The quantitative estimate of drug-likeness (QED) is 0.696. The van der Waals surface area contributed by atoms with Gasteiger partial charge in [0, 0.05) is 6.42 Å². The first kappa shape index (κ1) is 13.1. The van der Waals surface area contributed by atoms with Gasteiger partial charge in [-0.15, -0.1) is 0 Å². The van der Waals surface area contributed by atoms with Gasteiger partial charge in [-0.05, 0) is 17.7 Å². The van der Waals surface area contributed by atoms with E-state index in [0.717, 1.165) is 24.3 Å². The maximum absolute atomic E-state index is 12.8. The summed E-state index contributed by atoms with van der Waals surface area (Å²) in [6.45, 7) is 2.89. The monoisotopic (exact) mass is 291 g/mol. The van der Waals surface area contributed by atoms with Gasteiger partial charge in [-0.25, -0.2) is 9.66 Å². The van der Waals surface area contributed by atoms with Crippen LogP contribution in [0, 0.1) is 0 Å². The van der Waals surface area contributed by atoms with Gasteiger partial charge in [0.15, 0.2) is 0 Å². The van der Waals surface area contributed by atoms with E-state index in [0.29, 0.717) is 5.39 Å². The standard InChI is InChI=1S/C18H17N3O/c1-2-17-19-15-11-7-6-10-14(15)18(22)21(17)20-12-16(20)13-8-4-3-5-9-13/h3-11,16H,2,12H2,1H3. The van der Waals surface area contributed by atoms with Gasteiger partial charge >= 0.3 is 0 Å². The van der Waals surface area contributed by atoms with Gasteiger partial charge in [0.2, 0.25) is 0 Å². The Bertz CT molecular complexity index is 886. The number of hydrogen-bond donors (Lipinski definition) is 0. The Morgan fingerprint density at radius 1 is 1.09 bits per heavy atom. The summed E-state index contributed by atoms with van der Waals surface area (Å²) in [6.07, 6.45) is 0.734. The minimum atomic E-state index is 0.0286. The summed E-state index contributed by atoms with van der Waals surface area (Å²) in [5.41, 5.74) is 2.05. The van der Waals surface area contributed by atoms with Gasteiger partial charge in [-0.1, -0.05) is 49.4 Å². The van der Waals surface area contributed by atoms with Crippen LogP contribution in [0.3, 0.4) is 0 Å². The molecule has 4 nitrogen and oxygen atoms in total. The molecule has 0 N–H and O–H groups in total. The molecule has 4 heteroatoms. The summed E-state index contributed by atoms with van der Waals surface area (Å²) >= 11 is 0. The van der Waals surface area contributed by atoms with E-state index in [9.17, 15) is 4.79 Å². The molecule has 1 aliphatic rings. The second-order valence-electron chi connectivity index (χ2n) is 5.56. The van der Waals surface area contributed by atoms with E-state index in [1.165, 1.54) is 5.56 Å². The van der Waals surface area contributed by atoms with Crippen LogP contribution in [0.15, 0.2) is 59.4 Å². The van der Waals surface area contributed by atoms with Crippen molar-refractivity contribution >= 4 is 10.9 Å². The van der Waals surface area contributed by atoms with E-state index in [-0.39, 0.29) is 11.6 Å². The molecule has 1 unspecified atom stereocenters. The zero-order chi connectivity index (χ0) is 15.1. The van der Waals surface area contributed by atoms with Crippen molar-refractivity contribution in [3.63, 3.8) is 0 Å². The van der Waals surface area contributed by atoms with Crippen LogP contribution in [0.5, 0.6) is 0 Å². The lowest BCUT2D eigenvalue weighted by molar-refractivity contribution is 0.689. The molecule has 1 atom stereocenters. The Kier molecular flexibility index (Phi) is 2.96. The SMILES string of the molecule is CCc1nc2ccccc2c(=O)n1N1CC1c1ccccc1. The molecule has 4 rings (SSSR count). The summed E-state index contributed by atoms with van der Waals surface area (Å²) in [6, 6.07) is 18.1. The van der Waals surface area contributed by atoms with Crippen LogP contribution < -0.4 is 10.6 Å². The Morgan fingerprint density at radius 2 is 1.82 bits per heavy atom. The Hall–Kier alpha value is -2.62. The molecule has 110 valence electrons. The zero-order valence-corrected chi connectivity index (χ0v) is 12.4. The van der Waals surface area contributed by atoms with E-state index in [1.807, 2.05) is 49.4 Å². The summed E-state index contributed by atoms with van der Waals surface area (Å²) in [4.78, 5) is 17.5. The van der Waals surface area contributed by atoms with Crippen molar-refractivity contribution < 1.29 is 0 Å². The molecule has 0 amide bonds. The third-order valence-corrected chi connectivity index (χ3v) is 4.16. The lowest BCUT2D eigenvalue weighted by atomic mass is 10.2. The van der Waals surface area contributed by atoms with Crippen LogP contribution >= 0.6 is 0 Å². The van der Waals surface area contributed by atoms with Crippen molar-refractivity contribution in [1.82, 2.24) is 9.66 Å². The molecule has 3 aromatic rings. The molecule has 2 heterocycles. The van der Waals surface area contributed by atoms with Crippen LogP contribution in [0.25, 0.3) is 10.9 Å². The lowest BCUT2D eigenvalue weighted by Gasteiger charge is -2.15. The molecule has 0 bridgehead atoms. The van der Waals surface area contributed by atoms with E-state index >= 15 is 0 Å². The Labute approximate surface area is 128 Å². The highest BCUT2D eigenvalue weighted by Crippen LogP contribution is 2.32. The molecule has 1 aliphatic heterocycles. The maximum atomic E-state index is 12.8. The number of para-hydroxylation sites is 1. The second kappa shape index (κ2) is 4.98. The fourth-order valence-corrected chi connectivity index (χ4v) is 2.97. The van der Waals surface area contributed by atoms with E-state index in [4.69, 9.17) is 0 Å². The Balaban J connectivity index is 1.83. The molecule has 0 aliphatic carbocycles. The summed E-state index contributed by atoms with van der Waals surface area (Å²) in [5, 5.41) is 2.77. The van der Waals surface area contributed by atoms with Gasteiger partial charge in [0.25, 0.3) is 5.56 Å². The van der Waals surface area contributed by atoms with Crippen molar-refractivity contribution in [2.75, 3.05) is 11.6 Å². The van der Waals surface area contributed by atoms with Crippen molar-refractivity contribution in [3.8, 4) is 0 Å². The Morgan fingerprint density at radius 3 is 2.59 bits per heavy atom. The average Bonchev–Trinajstić information content (AvgIpc) is 3.36. The number of aromatic nitrogens is 2. The molecule has 1 aromatic heterocycles. The number of hydrogen-bond acceptors (Lipinski definition) is 3. The van der Waals surface area contributed by atoms with Crippen LogP contribution in [0.1, 0.15) is 24.4 Å². The van der Waals surface area contributed by atoms with Gasteiger partial charge in [-0.2, -0.15) is 0 Å². The lowest BCUT2D eigenvalue weighted by Crippen LogP contribution is -2.32. The van der Waals surface area contributed by atoms with Crippen molar-refractivity contribution in [1.29, 1.82) is 0 Å². The molecule has 1 fully saturated rings. The van der Waals surface area contributed by atoms with Crippen LogP contribution in [-0.2, 0) is 6.42 Å². The van der Waals surface area contributed by atoms with Gasteiger partial charge < -0.3 is 0 Å². The predicted molar refractivity (Wildman–Crippen MR) is 87.6 cm³/mol. The third kappa shape index (κ3) is 1.99. The summed E-state index contributed by atoms with van der Waals surface area (Å²) in [5.74, 6) is 0.821. The van der Waals surface area contributed by atoms with Crippen molar-refractivity contribution in [2.24, 2.45) is 0 Å². The minimum Gasteiger partial charge on any atom is -0.297 e. The third-order valence-electron chi connectivity index (χ3n) is 4.16. The molecular weight excluding hydrogens is 274 g/mol. The van der Waals surface area contributed by atoms with Crippen LogP contribution in [0.4, 0.5) is 0 Å².